The average molecular weight is 286 g/mol. The van der Waals surface area contributed by atoms with Crippen molar-refractivity contribution in [3.8, 4) is 6.07 Å². The lowest BCUT2D eigenvalue weighted by Crippen LogP contribution is -2.39. The largest absolute Gasteiger partial charge is 0.342 e. The molecule has 0 rings (SSSR count). The second-order valence-electron chi connectivity index (χ2n) is 6.14. The molecule has 0 radical (unpaired) electrons. The van der Waals surface area contributed by atoms with Crippen LogP contribution in [0.15, 0.2) is 0 Å². The summed E-state index contributed by atoms with van der Waals surface area (Å²) in [7, 11) is -0.682. The zero-order chi connectivity index (χ0) is 15.1. The maximum Gasteiger partial charge on any atom is 0.110 e. The Balaban J connectivity index is 5.07. The van der Waals surface area contributed by atoms with Gasteiger partial charge in [-0.05, 0) is 34.1 Å². The van der Waals surface area contributed by atoms with E-state index in [9.17, 15) is 0 Å². The van der Waals surface area contributed by atoms with Gasteiger partial charge in [-0.25, -0.2) is 0 Å². The lowest BCUT2D eigenvalue weighted by atomic mass is 10.1. The molecule has 3 nitrogen and oxygen atoms in total. The van der Waals surface area contributed by atoms with Gasteiger partial charge in [-0.3, -0.25) is 4.67 Å². The maximum atomic E-state index is 8.71. The van der Waals surface area contributed by atoms with Crippen LogP contribution in [0.1, 0.15) is 67.7 Å². The van der Waals surface area contributed by atoms with Gasteiger partial charge in [0.2, 0.25) is 0 Å². The van der Waals surface area contributed by atoms with Crippen LogP contribution < -0.4 is 0 Å². The summed E-state index contributed by atoms with van der Waals surface area (Å²) in [6.45, 7) is 16.3. The van der Waals surface area contributed by atoms with Crippen LogP contribution in [0, 0.1) is 11.3 Å². The van der Waals surface area contributed by atoms with Crippen molar-refractivity contribution in [3.05, 3.63) is 0 Å². The van der Waals surface area contributed by atoms with Crippen LogP contribution >= 0.6 is 8.30 Å². The summed E-state index contributed by atoms with van der Waals surface area (Å²) in [5.41, 5.74) is 0. The molecule has 0 saturated carbocycles. The fraction of sp³-hybridized carbons (Fsp3) is 0.933. The van der Waals surface area contributed by atoms with E-state index in [0.29, 0.717) is 25.1 Å². The quantitative estimate of drug-likeness (QED) is 0.445. The molecule has 0 aliphatic heterocycles. The second-order valence-corrected chi connectivity index (χ2v) is 8.62. The normalized spacial score (nSPS) is 14.2. The summed E-state index contributed by atoms with van der Waals surface area (Å²) in [6, 6.07) is 3.10. The first kappa shape index (κ1) is 18.8. The van der Waals surface area contributed by atoms with Crippen molar-refractivity contribution in [3.63, 3.8) is 0 Å². The molecular formula is C15H31N2OP. The summed E-state index contributed by atoms with van der Waals surface area (Å²) >= 11 is 0. The fourth-order valence-electron chi connectivity index (χ4n) is 2.45. The van der Waals surface area contributed by atoms with Crippen LogP contribution in [-0.4, -0.2) is 28.5 Å². The minimum atomic E-state index is -0.682. The Kier molecular flexibility index (Phi) is 8.83. The maximum absolute atomic E-state index is 8.71. The van der Waals surface area contributed by atoms with Crippen LogP contribution in [0.25, 0.3) is 0 Å². The van der Waals surface area contributed by atoms with Crippen molar-refractivity contribution in [1.29, 1.82) is 5.26 Å². The van der Waals surface area contributed by atoms with Crippen LogP contribution in [0.5, 0.6) is 0 Å². The van der Waals surface area contributed by atoms with Crippen molar-refractivity contribution in [2.45, 2.75) is 85.0 Å². The predicted molar refractivity (Wildman–Crippen MR) is 84.2 cm³/mol. The van der Waals surface area contributed by atoms with Crippen molar-refractivity contribution < 1.29 is 4.52 Å². The molecule has 1 atom stereocenters. The average Bonchev–Trinajstić information content (AvgIpc) is 2.26. The third-order valence-corrected chi connectivity index (χ3v) is 6.10. The minimum Gasteiger partial charge on any atom is -0.342 e. The number of hydrogen-bond donors (Lipinski definition) is 0. The van der Waals surface area contributed by atoms with Crippen LogP contribution in [0.2, 0.25) is 0 Å². The van der Waals surface area contributed by atoms with Gasteiger partial charge in [-0.15, -0.1) is 0 Å². The molecule has 0 aromatic carbocycles. The first-order valence-electron chi connectivity index (χ1n) is 7.36. The van der Waals surface area contributed by atoms with Gasteiger partial charge in [-0.1, -0.05) is 27.2 Å². The summed E-state index contributed by atoms with van der Waals surface area (Å²) in [6.07, 6.45) is 2.80. The highest BCUT2D eigenvalue weighted by molar-refractivity contribution is 7.51. The first-order valence-corrected chi connectivity index (χ1v) is 8.57. The molecule has 0 spiro atoms. The van der Waals surface area contributed by atoms with Crippen LogP contribution in [-0.2, 0) is 4.52 Å². The summed E-state index contributed by atoms with van der Waals surface area (Å²) < 4.78 is 8.64. The molecule has 112 valence electrons. The van der Waals surface area contributed by atoms with Crippen molar-refractivity contribution in [2.24, 2.45) is 0 Å². The van der Waals surface area contributed by atoms with E-state index in [1.165, 1.54) is 0 Å². The molecule has 0 fully saturated rings. The van der Waals surface area contributed by atoms with Gasteiger partial charge in [0.1, 0.15) is 8.30 Å². The van der Waals surface area contributed by atoms with E-state index >= 15 is 0 Å². The molecule has 0 N–H and O–H groups in total. The van der Waals surface area contributed by atoms with Crippen molar-refractivity contribution in [1.82, 2.24) is 4.67 Å². The van der Waals surface area contributed by atoms with Gasteiger partial charge < -0.3 is 4.52 Å². The highest BCUT2D eigenvalue weighted by atomic mass is 31.2. The van der Waals surface area contributed by atoms with E-state index in [1.807, 2.05) is 0 Å². The molecule has 0 aromatic rings. The molecule has 4 heteroatoms. The standard InChI is InChI=1S/C15H31N2OP/c1-8-10-15(6,7)19(18-12-9-11-16)17(13(2)3)14(4)5/h13-14H,8-10,12H2,1-7H3. The lowest BCUT2D eigenvalue weighted by Gasteiger charge is -2.45. The van der Waals surface area contributed by atoms with E-state index in [0.717, 1.165) is 12.8 Å². The van der Waals surface area contributed by atoms with Gasteiger partial charge in [0.15, 0.2) is 0 Å². The number of nitrogens with zero attached hydrogens (tertiary/aromatic N) is 2. The van der Waals surface area contributed by atoms with Gasteiger partial charge in [0.25, 0.3) is 0 Å². The minimum absolute atomic E-state index is 0.161. The number of rotatable bonds is 9. The van der Waals surface area contributed by atoms with Gasteiger partial charge in [0.05, 0.1) is 19.1 Å². The van der Waals surface area contributed by atoms with Crippen LogP contribution in [0.4, 0.5) is 0 Å². The summed E-state index contributed by atoms with van der Waals surface area (Å²) in [5, 5.41) is 8.87. The highest BCUT2D eigenvalue weighted by Crippen LogP contribution is 2.57. The topological polar surface area (TPSA) is 36.3 Å². The van der Waals surface area contributed by atoms with Gasteiger partial charge in [-0.2, -0.15) is 5.26 Å². The third-order valence-electron chi connectivity index (χ3n) is 3.07. The highest BCUT2D eigenvalue weighted by Gasteiger charge is 2.37. The van der Waals surface area contributed by atoms with E-state index in [2.05, 4.69) is 59.2 Å². The van der Waals surface area contributed by atoms with E-state index in [4.69, 9.17) is 9.79 Å². The third kappa shape index (κ3) is 6.21. The molecule has 0 aliphatic carbocycles. The Labute approximate surface area is 121 Å². The van der Waals surface area contributed by atoms with Crippen molar-refractivity contribution in [2.75, 3.05) is 6.61 Å². The van der Waals surface area contributed by atoms with E-state index in [1.54, 1.807) is 0 Å². The SMILES string of the molecule is CCCC(C)(C)P(OCCC#N)N(C(C)C)C(C)C. The van der Waals surface area contributed by atoms with E-state index < -0.39 is 8.30 Å². The Morgan fingerprint density at radius 3 is 2.11 bits per heavy atom. The van der Waals surface area contributed by atoms with Gasteiger partial charge >= 0.3 is 0 Å². The fourth-order valence-corrected chi connectivity index (χ4v) is 5.08. The smallest absolute Gasteiger partial charge is 0.110 e. The Morgan fingerprint density at radius 2 is 1.74 bits per heavy atom. The Hall–Kier alpha value is -0.160. The Morgan fingerprint density at radius 1 is 1.21 bits per heavy atom. The lowest BCUT2D eigenvalue weighted by molar-refractivity contribution is 0.241. The van der Waals surface area contributed by atoms with Crippen LogP contribution in [0.3, 0.4) is 0 Å². The molecular weight excluding hydrogens is 255 g/mol. The second kappa shape index (κ2) is 8.90. The summed E-state index contributed by atoms with van der Waals surface area (Å²) in [4.78, 5) is 0. The van der Waals surface area contributed by atoms with Crippen molar-refractivity contribution >= 4 is 8.30 Å². The molecule has 0 aromatic heterocycles. The zero-order valence-corrected chi connectivity index (χ0v) is 14.6. The molecule has 1 unspecified atom stereocenters. The molecule has 0 amide bonds. The number of hydrogen-bond acceptors (Lipinski definition) is 3. The molecule has 19 heavy (non-hydrogen) atoms. The summed E-state index contributed by atoms with van der Waals surface area (Å²) in [5.74, 6) is 0. The monoisotopic (exact) mass is 286 g/mol. The molecule has 0 heterocycles. The Bertz CT molecular complexity index is 276. The van der Waals surface area contributed by atoms with Gasteiger partial charge in [0, 0.05) is 17.2 Å². The molecule has 0 bridgehead atoms. The number of nitriles is 1. The predicted octanol–water partition coefficient (Wildman–Crippen LogP) is 4.93. The van der Waals surface area contributed by atoms with E-state index in [-0.39, 0.29) is 5.16 Å². The first-order chi connectivity index (χ1) is 8.77. The molecule has 0 aliphatic rings. The zero-order valence-electron chi connectivity index (χ0n) is 13.7. The molecule has 0 saturated heterocycles.